The maximum atomic E-state index is 9.44. The van der Waals surface area contributed by atoms with E-state index in [1.807, 2.05) is 0 Å². The third kappa shape index (κ3) is 25.6. The van der Waals surface area contributed by atoms with Gasteiger partial charge in [0, 0.05) is 13.2 Å². The molecule has 2 fully saturated rings. The maximum Gasteiger partial charge on any atom is 0.528 e. The summed E-state index contributed by atoms with van der Waals surface area (Å²) in [5.41, 5.74) is 0. The van der Waals surface area contributed by atoms with Crippen LogP contribution < -0.4 is 0 Å². The third-order valence-corrected chi connectivity index (χ3v) is 1.16. The van der Waals surface area contributed by atoms with Gasteiger partial charge >= 0.3 is 24.6 Å². The minimum atomic E-state index is -1.83. The Balaban J connectivity index is 0. The van der Waals surface area contributed by atoms with Crippen LogP contribution in [0.25, 0.3) is 0 Å². The molecule has 2 aliphatic heterocycles. The van der Waals surface area contributed by atoms with Crippen molar-refractivity contribution < 1.29 is 53.8 Å². The van der Waals surface area contributed by atoms with Gasteiger partial charge in [-0.2, -0.15) is 0 Å². The molecule has 110 valence electrons. The number of hydrogen-bond acceptors (Lipinski definition) is 7. The minimum Gasteiger partial charge on any atom is -0.450 e. The molecule has 0 spiro atoms. The van der Waals surface area contributed by atoms with E-state index >= 15 is 0 Å². The number of ether oxygens (including phenoxy) is 3. The van der Waals surface area contributed by atoms with Crippen LogP contribution in [0.5, 0.6) is 0 Å². The molecular formula is C8H12O11. The Bertz CT molecular complexity index is 256. The van der Waals surface area contributed by atoms with E-state index in [1.54, 1.807) is 0 Å². The van der Waals surface area contributed by atoms with Gasteiger partial charge in [0.25, 0.3) is 0 Å². The molecule has 11 nitrogen and oxygen atoms in total. The quantitative estimate of drug-likeness (QED) is 0.374. The van der Waals surface area contributed by atoms with E-state index in [1.165, 1.54) is 12.8 Å². The van der Waals surface area contributed by atoms with Gasteiger partial charge in [0.1, 0.15) is 0 Å². The molecule has 0 aromatic carbocycles. The van der Waals surface area contributed by atoms with Crippen molar-refractivity contribution in [2.45, 2.75) is 12.8 Å². The molecule has 0 atom stereocenters. The van der Waals surface area contributed by atoms with Gasteiger partial charge in [-0.15, -0.1) is 0 Å². The first-order valence-electron chi connectivity index (χ1n) is 4.60. The zero-order valence-electron chi connectivity index (χ0n) is 9.48. The van der Waals surface area contributed by atoms with Crippen molar-refractivity contribution in [3.05, 3.63) is 0 Å². The Morgan fingerprint density at radius 1 is 0.789 bits per heavy atom. The molecule has 0 saturated carbocycles. The topological polar surface area (TPSA) is 177 Å². The Hall–Kier alpha value is -2.56. The smallest absolute Gasteiger partial charge is 0.450 e. The molecule has 0 bridgehead atoms. The van der Waals surface area contributed by atoms with Crippen LogP contribution in [0.1, 0.15) is 12.8 Å². The molecule has 0 aromatic heterocycles. The lowest BCUT2D eigenvalue weighted by Gasteiger charge is -2.05. The second kappa shape index (κ2) is 11.9. The fraction of sp³-hybridized carbons (Fsp3) is 0.500. The standard InChI is InChI=1S/C4H8O.C2O4.2CH2O3/c1-2-4-5-3-1;3-1-5-2(4)6-1;2*2-1(3)4/h1-4H2;;2*(H2,2,3,4). The zero-order chi connectivity index (χ0) is 15.3. The molecule has 11 heteroatoms. The molecular weight excluding hydrogens is 272 g/mol. The molecule has 0 unspecified atom stereocenters. The van der Waals surface area contributed by atoms with E-state index in [0.29, 0.717) is 0 Å². The summed E-state index contributed by atoms with van der Waals surface area (Å²) in [6.07, 6.45) is -2.94. The molecule has 4 N–H and O–H groups in total. The number of hydrogen-bond donors (Lipinski definition) is 4. The number of cyclic esters (lactones) is 4. The van der Waals surface area contributed by atoms with Crippen LogP contribution >= 0.6 is 0 Å². The van der Waals surface area contributed by atoms with Crippen molar-refractivity contribution in [1.82, 2.24) is 0 Å². The lowest BCUT2D eigenvalue weighted by molar-refractivity contribution is 0.00674. The fourth-order valence-electron chi connectivity index (χ4n) is 0.654. The van der Waals surface area contributed by atoms with Crippen molar-refractivity contribution in [2.75, 3.05) is 13.2 Å². The first kappa shape index (κ1) is 18.8. The highest BCUT2D eigenvalue weighted by atomic mass is 16.9. The first-order chi connectivity index (χ1) is 8.75. The van der Waals surface area contributed by atoms with Crippen LogP contribution in [-0.4, -0.2) is 58.3 Å². The Labute approximate surface area is 105 Å². The molecule has 2 saturated heterocycles. The van der Waals surface area contributed by atoms with E-state index in [2.05, 4.69) is 9.47 Å². The van der Waals surface area contributed by atoms with Gasteiger partial charge in [-0.3, -0.25) is 0 Å². The number of rotatable bonds is 0. The van der Waals surface area contributed by atoms with Gasteiger partial charge in [-0.25, -0.2) is 19.2 Å². The van der Waals surface area contributed by atoms with Crippen molar-refractivity contribution in [3.8, 4) is 0 Å². The van der Waals surface area contributed by atoms with Crippen LogP contribution in [0.15, 0.2) is 0 Å². The van der Waals surface area contributed by atoms with Crippen molar-refractivity contribution in [1.29, 1.82) is 0 Å². The second-order valence-corrected chi connectivity index (χ2v) is 2.59. The summed E-state index contributed by atoms with van der Waals surface area (Å²) in [7, 11) is 0. The Kier molecular flexibility index (Phi) is 11.8. The van der Waals surface area contributed by atoms with Crippen LogP contribution in [-0.2, 0) is 14.2 Å². The molecule has 2 heterocycles. The molecule has 19 heavy (non-hydrogen) atoms. The van der Waals surface area contributed by atoms with E-state index in [0.717, 1.165) is 13.2 Å². The third-order valence-electron chi connectivity index (χ3n) is 1.16. The summed E-state index contributed by atoms with van der Waals surface area (Å²) < 4.78 is 12.2. The summed E-state index contributed by atoms with van der Waals surface area (Å²) in [5.74, 6) is 0. The highest BCUT2D eigenvalue weighted by molar-refractivity contribution is 5.93. The highest BCUT2D eigenvalue weighted by Gasteiger charge is 2.27. The summed E-state index contributed by atoms with van der Waals surface area (Å²) in [5, 5.41) is 27.9. The first-order valence-corrected chi connectivity index (χ1v) is 4.60. The van der Waals surface area contributed by atoms with E-state index in [4.69, 9.17) is 34.8 Å². The van der Waals surface area contributed by atoms with Crippen molar-refractivity contribution in [3.63, 3.8) is 0 Å². The summed E-state index contributed by atoms with van der Waals surface area (Å²) in [4.78, 5) is 36.0. The largest absolute Gasteiger partial charge is 0.528 e. The van der Waals surface area contributed by atoms with Gasteiger partial charge in [-0.1, -0.05) is 0 Å². The second-order valence-electron chi connectivity index (χ2n) is 2.59. The average Bonchev–Trinajstić information content (AvgIpc) is 2.71. The monoisotopic (exact) mass is 284 g/mol. The van der Waals surface area contributed by atoms with Gasteiger partial charge in [-0.05, 0) is 12.8 Å². The maximum absolute atomic E-state index is 9.44. The van der Waals surface area contributed by atoms with Gasteiger partial charge in [0.05, 0.1) is 0 Å². The molecule has 0 aliphatic carbocycles. The normalized spacial score (nSPS) is 14.5. The van der Waals surface area contributed by atoms with Gasteiger partial charge < -0.3 is 34.6 Å². The van der Waals surface area contributed by atoms with Crippen molar-refractivity contribution in [2.24, 2.45) is 0 Å². The predicted octanol–water partition coefficient (Wildman–Crippen LogP) is 1.51. The SMILES string of the molecule is C1CCOC1.O=C(O)O.O=C(O)O.O=C1OC(=O)O1. The van der Waals surface area contributed by atoms with E-state index < -0.39 is 24.6 Å². The number of carboxylic acid groups (broad SMARTS) is 4. The van der Waals surface area contributed by atoms with Crippen LogP contribution in [0.4, 0.5) is 19.2 Å². The molecule has 2 rings (SSSR count). The lowest BCUT2D eigenvalue weighted by Crippen LogP contribution is -2.27. The summed E-state index contributed by atoms with van der Waals surface area (Å²) >= 11 is 0. The van der Waals surface area contributed by atoms with Gasteiger partial charge in [0.2, 0.25) is 0 Å². The molecule has 0 aromatic rings. The molecule has 0 radical (unpaired) electrons. The number of carbonyl (C=O) groups excluding carboxylic acids is 2. The fourth-order valence-corrected chi connectivity index (χ4v) is 0.654. The Morgan fingerprint density at radius 2 is 1.05 bits per heavy atom. The van der Waals surface area contributed by atoms with Crippen LogP contribution in [0, 0.1) is 0 Å². The van der Waals surface area contributed by atoms with Crippen LogP contribution in [0.2, 0.25) is 0 Å². The number of carbonyl (C=O) groups is 4. The van der Waals surface area contributed by atoms with E-state index in [-0.39, 0.29) is 0 Å². The van der Waals surface area contributed by atoms with Crippen LogP contribution in [0.3, 0.4) is 0 Å². The van der Waals surface area contributed by atoms with Crippen molar-refractivity contribution >= 4 is 24.6 Å². The highest BCUT2D eigenvalue weighted by Crippen LogP contribution is 2.00. The zero-order valence-corrected chi connectivity index (χ0v) is 9.48. The lowest BCUT2D eigenvalue weighted by atomic mass is 10.4. The van der Waals surface area contributed by atoms with E-state index in [9.17, 15) is 9.59 Å². The minimum absolute atomic E-state index is 0.917. The summed E-state index contributed by atoms with van der Waals surface area (Å²) in [6, 6.07) is 0. The molecule has 2 aliphatic rings. The molecule has 0 amide bonds. The summed E-state index contributed by atoms with van der Waals surface area (Å²) in [6.45, 7) is 2.00. The van der Waals surface area contributed by atoms with Gasteiger partial charge in [0.15, 0.2) is 0 Å². The average molecular weight is 284 g/mol. The Morgan fingerprint density at radius 3 is 1.11 bits per heavy atom. The predicted molar refractivity (Wildman–Crippen MR) is 54.3 cm³/mol.